The van der Waals surface area contributed by atoms with Crippen molar-refractivity contribution in [2.75, 3.05) is 25.0 Å². The summed E-state index contributed by atoms with van der Waals surface area (Å²) >= 11 is 3.40. The number of nitrogens with one attached hydrogen (secondary N) is 1. The average Bonchev–Trinajstić information content (AvgIpc) is 3.05. The highest BCUT2D eigenvalue weighted by Crippen LogP contribution is 2.23. The smallest absolute Gasteiger partial charge is 0.410 e. The maximum Gasteiger partial charge on any atom is 0.410 e. The number of halogens is 1. The number of esters is 1. The van der Waals surface area contributed by atoms with Crippen molar-refractivity contribution >= 4 is 39.5 Å². The first kappa shape index (κ1) is 21.4. The van der Waals surface area contributed by atoms with Gasteiger partial charge in [0, 0.05) is 31.5 Å². The summed E-state index contributed by atoms with van der Waals surface area (Å²) in [5.41, 5.74) is 0.273. The Hall–Kier alpha value is -2.36. The highest BCUT2D eigenvalue weighted by Gasteiger charge is 2.27. The average molecular weight is 468 g/mol. The molecule has 0 atom stereocenters. The predicted molar refractivity (Wildman–Crippen MR) is 111 cm³/mol. The summed E-state index contributed by atoms with van der Waals surface area (Å²) in [6.07, 6.45) is 4.58. The third-order valence-corrected chi connectivity index (χ3v) is 4.76. The Morgan fingerprint density at radius 2 is 1.93 bits per heavy atom. The standard InChI is InChI=1S/C19H26BrN5O4/c1-5-28-17(26)13-10-25-11-14(20)23-15(16(25)22-13)21-12-6-8-24(9-7-12)18(27)29-19(2,3)4/h10-12H,5-9H2,1-4H3,(H,21,23). The lowest BCUT2D eigenvalue weighted by Gasteiger charge is -2.33. The summed E-state index contributed by atoms with van der Waals surface area (Å²) in [7, 11) is 0. The lowest BCUT2D eigenvalue weighted by atomic mass is 10.1. The van der Waals surface area contributed by atoms with Crippen molar-refractivity contribution in [3.8, 4) is 0 Å². The molecule has 0 radical (unpaired) electrons. The molecule has 3 rings (SSSR count). The summed E-state index contributed by atoms with van der Waals surface area (Å²) in [6, 6.07) is 0.127. The lowest BCUT2D eigenvalue weighted by molar-refractivity contribution is 0.0210. The maximum absolute atomic E-state index is 12.2. The molecule has 1 N–H and O–H groups in total. The van der Waals surface area contributed by atoms with Crippen LogP contribution < -0.4 is 5.32 Å². The minimum atomic E-state index is -0.505. The fourth-order valence-corrected chi connectivity index (χ4v) is 3.49. The number of fused-ring (bicyclic) bond motifs is 1. The Labute approximate surface area is 177 Å². The van der Waals surface area contributed by atoms with Crippen molar-refractivity contribution in [3.05, 3.63) is 22.7 Å². The van der Waals surface area contributed by atoms with E-state index in [0.29, 0.717) is 29.2 Å². The first-order valence-electron chi connectivity index (χ1n) is 9.63. The summed E-state index contributed by atoms with van der Waals surface area (Å²) in [5.74, 6) is 0.106. The van der Waals surface area contributed by atoms with Crippen molar-refractivity contribution in [3.63, 3.8) is 0 Å². The molecule has 0 bridgehead atoms. The second kappa shape index (κ2) is 8.56. The molecular formula is C19H26BrN5O4. The van der Waals surface area contributed by atoms with Crippen LogP contribution in [0.2, 0.25) is 0 Å². The molecule has 0 aliphatic carbocycles. The van der Waals surface area contributed by atoms with Crippen LogP contribution in [0.1, 0.15) is 51.0 Å². The molecule has 10 heteroatoms. The molecule has 0 unspecified atom stereocenters. The second-order valence-corrected chi connectivity index (χ2v) is 8.69. The molecule has 0 aromatic carbocycles. The Morgan fingerprint density at radius 3 is 2.55 bits per heavy atom. The van der Waals surface area contributed by atoms with Gasteiger partial charge in [-0.1, -0.05) is 0 Å². The van der Waals surface area contributed by atoms with Gasteiger partial charge in [-0.05, 0) is 56.5 Å². The summed E-state index contributed by atoms with van der Waals surface area (Å²) < 4.78 is 12.8. The van der Waals surface area contributed by atoms with Crippen LogP contribution in [-0.4, -0.2) is 62.7 Å². The van der Waals surface area contributed by atoms with Crippen molar-refractivity contribution in [1.29, 1.82) is 0 Å². The maximum atomic E-state index is 12.2. The van der Waals surface area contributed by atoms with E-state index in [1.165, 1.54) is 0 Å². The fraction of sp³-hybridized carbons (Fsp3) is 0.579. The number of imidazole rings is 1. The number of hydrogen-bond acceptors (Lipinski definition) is 7. The van der Waals surface area contributed by atoms with Gasteiger partial charge in [0.15, 0.2) is 17.2 Å². The van der Waals surface area contributed by atoms with Crippen LogP contribution in [0.15, 0.2) is 17.0 Å². The van der Waals surface area contributed by atoms with Crippen molar-refractivity contribution in [2.24, 2.45) is 0 Å². The van der Waals surface area contributed by atoms with Crippen molar-refractivity contribution in [1.82, 2.24) is 19.3 Å². The Morgan fingerprint density at radius 1 is 1.24 bits per heavy atom. The number of rotatable bonds is 4. The molecule has 3 heterocycles. The summed E-state index contributed by atoms with van der Waals surface area (Å²) in [6.45, 7) is 8.81. The van der Waals surface area contributed by atoms with Gasteiger partial charge in [-0.15, -0.1) is 0 Å². The zero-order valence-corrected chi connectivity index (χ0v) is 18.7. The van der Waals surface area contributed by atoms with E-state index in [-0.39, 0.29) is 24.4 Å². The Bertz CT molecular complexity index is 900. The van der Waals surface area contributed by atoms with E-state index in [4.69, 9.17) is 9.47 Å². The van der Waals surface area contributed by atoms with E-state index < -0.39 is 11.6 Å². The number of carbonyl (C=O) groups excluding carboxylic acids is 2. The van der Waals surface area contributed by atoms with Gasteiger partial charge in [0.1, 0.15) is 10.2 Å². The van der Waals surface area contributed by atoms with Crippen LogP contribution in [0.5, 0.6) is 0 Å². The summed E-state index contributed by atoms with van der Waals surface area (Å²) in [5, 5.41) is 3.40. The largest absolute Gasteiger partial charge is 0.461 e. The normalized spacial score (nSPS) is 15.4. The van der Waals surface area contributed by atoms with E-state index in [0.717, 1.165) is 12.8 Å². The molecule has 1 saturated heterocycles. The molecule has 1 amide bonds. The molecule has 0 saturated carbocycles. The van der Waals surface area contributed by atoms with Gasteiger partial charge in [0.05, 0.1) is 6.61 Å². The number of ether oxygens (including phenoxy) is 2. The number of aromatic nitrogens is 3. The third kappa shape index (κ3) is 5.37. The zero-order valence-electron chi connectivity index (χ0n) is 17.1. The molecule has 0 spiro atoms. The number of nitrogens with zero attached hydrogens (tertiary/aromatic N) is 4. The second-order valence-electron chi connectivity index (χ2n) is 7.88. The molecule has 1 aliphatic rings. The molecule has 1 aliphatic heterocycles. The number of anilines is 1. The first-order valence-corrected chi connectivity index (χ1v) is 10.4. The van der Waals surface area contributed by atoms with Crippen LogP contribution in [-0.2, 0) is 9.47 Å². The fourth-order valence-electron chi connectivity index (χ4n) is 3.09. The SMILES string of the molecule is CCOC(=O)c1cn2cc(Br)nc(NC3CCN(C(=O)OC(C)(C)C)CC3)c2n1. The minimum Gasteiger partial charge on any atom is -0.461 e. The number of likely N-dealkylation sites (tertiary alicyclic amines) is 1. The number of amides is 1. The monoisotopic (exact) mass is 467 g/mol. The molecule has 9 nitrogen and oxygen atoms in total. The van der Waals surface area contributed by atoms with Crippen LogP contribution in [0.4, 0.5) is 10.6 Å². The predicted octanol–water partition coefficient (Wildman–Crippen LogP) is 3.48. The number of hydrogen-bond donors (Lipinski definition) is 1. The van der Waals surface area contributed by atoms with Gasteiger partial charge < -0.3 is 24.1 Å². The van der Waals surface area contributed by atoms with Crippen LogP contribution in [0.25, 0.3) is 5.65 Å². The number of piperidine rings is 1. The van der Waals surface area contributed by atoms with E-state index in [9.17, 15) is 9.59 Å². The van der Waals surface area contributed by atoms with Crippen LogP contribution in [0, 0.1) is 0 Å². The zero-order chi connectivity index (χ0) is 21.2. The Kier molecular flexibility index (Phi) is 6.30. The van der Waals surface area contributed by atoms with Gasteiger partial charge in [0.2, 0.25) is 0 Å². The quantitative estimate of drug-likeness (QED) is 0.687. The van der Waals surface area contributed by atoms with Gasteiger partial charge >= 0.3 is 12.1 Å². The van der Waals surface area contributed by atoms with Crippen LogP contribution >= 0.6 is 15.9 Å². The van der Waals surface area contributed by atoms with Gasteiger partial charge in [0.25, 0.3) is 0 Å². The summed E-state index contributed by atoms with van der Waals surface area (Å²) in [4.78, 5) is 34.8. The van der Waals surface area contributed by atoms with Crippen LogP contribution in [0.3, 0.4) is 0 Å². The highest BCUT2D eigenvalue weighted by molar-refractivity contribution is 9.10. The van der Waals surface area contributed by atoms with E-state index in [1.807, 2.05) is 20.8 Å². The van der Waals surface area contributed by atoms with Gasteiger partial charge in [-0.3, -0.25) is 0 Å². The molecular weight excluding hydrogens is 442 g/mol. The number of carbonyl (C=O) groups is 2. The van der Waals surface area contributed by atoms with Gasteiger partial charge in [-0.2, -0.15) is 0 Å². The van der Waals surface area contributed by atoms with E-state index >= 15 is 0 Å². The van der Waals surface area contributed by atoms with E-state index in [2.05, 4.69) is 31.2 Å². The topological polar surface area (TPSA) is 98.1 Å². The molecule has 158 valence electrons. The Balaban J connectivity index is 1.69. The minimum absolute atomic E-state index is 0.127. The molecule has 2 aromatic rings. The van der Waals surface area contributed by atoms with Gasteiger partial charge in [-0.25, -0.2) is 19.6 Å². The highest BCUT2D eigenvalue weighted by atomic mass is 79.9. The lowest BCUT2D eigenvalue weighted by Crippen LogP contribution is -2.44. The molecule has 1 fully saturated rings. The third-order valence-electron chi connectivity index (χ3n) is 4.38. The first-order chi connectivity index (χ1) is 13.7. The van der Waals surface area contributed by atoms with Crippen molar-refractivity contribution in [2.45, 2.75) is 52.2 Å². The van der Waals surface area contributed by atoms with E-state index in [1.54, 1.807) is 28.6 Å². The molecule has 29 heavy (non-hydrogen) atoms. The van der Waals surface area contributed by atoms with Crippen molar-refractivity contribution < 1.29 is 19.1 Å². The molecule has 2 aromatic heterocycles.